The average Bonchev–Trinajstić information content (AvgIpc) is 2.84. The summed E-state index contributed by atoms with van der Waals surface area (Å²) < 4.78 is 44.0. The Labute approximate surface area is 198 Å². The van der Waals surface area contributed by atoms with E-state index in [0.717, 1.165) is 34.9 Å². The number of hydrogen-bond donors (Lipinski definition) is 0. The number of rotatable bonds is 7. The molecule has 0 spiro atoms. The first-order valence-corrected chi connectivity index (χ1v) is 11.4. The van der Waals surface area contributed by atoms with Gasteiger partial charge >= 0.3 is 6.61 Å². The molecule has 4 rings (SSSR count). The largest absolute Gasteiger partial charge is 0.435 e. The minimum absolute atomic E-state index is 0.114. The summed E-state index contributed by atoms with van der Waals surface area (Å²) in [6, 6.07) is 24.0. The summed E-state index contributed by atoms with van der Waals surface area (Å²) in [6.07, 6.45) is 3.28. The third-order valence-corrected chi connectivity index (χ3v) is 5.71. The molecule has 0 N–H and O–H groups in total. The van der Waals surface area contributed by atoms with E-state index in [1.54, 1.807) is 24.3 Å². The summed E-state index contributed by atoms with van der Waals surface area (Å²) in [6.45, 7) is -0.685. The first-order chi connectivity index (χ1) is 16.5. The van der Waals surface area contributed by atoms with Crippen LogP contribution in [0, 0.1) is 17.7 Å². The fourth-order valence-electron chi connectivity index (χ4n) is 3.91. The zero-order valence-corrected chi connectivity index (χ0v) is 19.0. The van der Waals surface area contributed by atoms with Gasteiger partial charge < -0.3 is 4.74 Å². The summed E-state index contributed by atoms with van der Waals surface area (Å²) in [4.78, 5) is 0. The van der Waals surface area contributed by atoms with Crippen LogP contribution in [0.1, 0.15) is 41.2 Å². The Morgan fingerprint density at radius 2 is 1.38 bits per heavy atom. The Morgan fingerprint density at radius 3 is 2.09 bits per heavy atom. The highest BCUT2D eigenvalue weighted by atomic mass is 19.3. The van der Waals surface area contributed by atoms with Gasteiger partial charge in [-0.1, -0.05) is 67.6 Å². The second-order valence-corrected chi connectivity index (χ2v) is 8.19. The van der Waals surface area contributed by atoms with Crippen molar-refractivity contribution in [1.82, 2.24) is 0 Å². The van der Waals surface area contributed by atoms with Crippen LogP contribution in [0.3, 0.4) is 0 Å². The standard InChI is InChI=1S/C30H25F3O/c1-2-3-21-4-6-22(7-5-21)8-9-24-13-19-28-26(20-24)16-15-25(29(28)31)14-10-23-11-17-27(18-12-23)34-30(32)33/h4-7,11-13,15-20,30H,2-3,10,14H2,1H3. The summed E-state index contributed by atoms with van der Waals surface area (Å²) in [5, 5.41) is 1.37. The number of fused-ring (bicyclic) bond motifs is 1. The van der Waals surface area contributed by atoms with Crippen molar-refractivity contribution < 1.29 is 17.9 Å². The molecule has 4 aromatic carbocycles. The minimum atomic E-state index is -2.85. The van der Waals surface area contributed by atoms with E-state index in [4.69, 9.17) is 0 Å². The highest BCUT2D eigenvalue weighted by molar-refractivity contribution is 5.85. The summed E-state index contributed by atoms with van der Waals surface area (Å²) in [5.74, 6) is 6.23. The molecular formula is C30H25F3O. The molecule has 0 aliphatic carbocycles. The molecule has 0 saturated carbocycles. The lowest BCUT2D eigenvalue weighted by molar-refractivity contribution is -0.0498. The van der Waals surface area contributed by atoms with Crippen LogP contribution in [-0.2, 0) is 19.3 Å². The molecule has 34 heavy (non-hydrogen) atoms. The van der Waals surface area contributed by atoms with Crippen molar-refractivity contribution in [3.63, 3.8) is 0 Å². The Kier molecular flexibility index (Phi) is 7.54. The minimum Gasteiger partial charge on any atom is -0.435 e. The van der Waals surface area contributed by atoms with Gasteiger partial charge in [-0.2, -0.15) is 8.78 Å². The molecule has 0 radical (unpaired) electrons. The lowest BCUT2D eigenvalue weighted by Crippen LogP contribution is -2.02. The van der Waals surface area contributed by atoms with Crippen molar-refractivity contribution in [3.8, 4) is 17.6 Å². The zero-order valence-electron chi connectivity index (χ0n) is 19.0. The van der Waals surface area contributed by atoms with Gasteiger partial charge in [-0.05, 0) is 77.7 Å². The Balaban J connectivity index is 1.45. The van der Waals surface area contributed by atoms with Gasteiger partial charge in [-0.3, -0.25) is 0 Å². The molecular weight excluding hydrogens is 433 g/mol. The molecule has 4 aromatic rings. The predicted molar refractivity (Wildman–Crippen MR) is 131 cm³/mol. The molecule has 0 saturated heterocycles. The maximum absolute atomic E-state index is 15.1. The van der Waals surface area contributed by atoms with E-state index in [9.17, 15) is 8.78 Å². The van der Waals surface area contributed by atoms with Crippen LogP contribution < -0.4 is 4.74 Å². The summed E-state index contributed by atoms with van der Waals surface area (Å²) >= 11 is 0. The van der Waals surface area contributed by atoms with E-state index in [0.29, 0.717) is 23.8 Å². The Bertz CT molecular complexity index is 1310. The van der Waals surface area contributed by atoms with E-state index >= 15 is 4.39 Å². The molecule has 0 fully saturated rings. The van der Waals surface area contributed by atoms with Gasteiger partial charge in [0.1, 0.15) is 11.6 Å². The summed E-state index contributed by atoms with van der Waals surface area (Å²) in [7, 11) is 0. The van der Waals surface area contributed by atoms with Crippen LogP contribution in [0.25, 0.3) is 10.8 Å². The van der Waals surface area contributed by atoms with E-state index in [-0.39, 0.29) is 11.6 Å². The second-order valence-electron chi connectivity index (χ2n) is 8.19. The lowest BCUT2D eigenvalue weighted by atomic mass is 9.99. The third-order valence-electron chi connectivity index (χ3n) is 5.71. The van der Waals surface area contributed by atoms with Crippen molar-refractivity contribution in [2.24, 2.45) is 0 Å². The number of hydrogen-bond acceptors (Lipinski definition) is 1. The number of aryl methyl sites for hydroxylation is 3. The molecule has 0 aromatic heterocycles. The van der Waals surface area contributed by atoms with Gasteiger partial charge in [-0.15, -0.1) is 0 Å². The van der Waals surface area contributed by atoms with Gasteiger partial charge in [-0.25, -0.2) is 4.39 Å². The maximum Gasteiger partial charge on any atom is 0.387 e. The molecule has 0 atom stereocenters. The molecule has 0 bridgehead atoms. The molecule has 1 nitrogen and oxygen atoms in total. The van der Waals surface area contributed by atoms with Gasteiger partial charge in [0, 0.05) is 16.5 Å². The molecule has 172 valence electrons. The first-order valence-electron chi connectivity index (χ1n) is 11.4. The average molecular weight is 459 g/mol. The number of halogens is 3. The van der Waals surface area contributed by atoms with Crippen molar-refractivity contribution >= 4 is 10.8 Å². The van der Waals surface area contributed by atoms with Gasteiger partial charge in [0.25, 0.3) is 0 Å². The van der Waals surface area contributed by atoms with E-state index in [1.165, 1.54) is 17.7 Å². The van der Waals surface area contributed by atoms with Gasteiger partial charge in [0.2, 0.25) is 0 Å². The van der Waals surface area contributed by atoms with Crippen LogP contribution in [-0.4, -0.2) is 6.61 Å². The lowest BCUT2D eigenvalue weighted by Gasteiger charge is -2.08. The smallest absolute Gasteiger partial charge is 0.387 e. The number of benzene rings is 4. The zero-order chi connectivity index (χ0) is 23.9. The highest BCUT2D eigenvalue weighted by Crippen LogP contribution is 2.24. The van der Waals surface area contributed by atoms with E-state index < -0.39 is 6.61 Å². The highest BCUT2D eigenvalue weighted by Gasteiger charge is 2.09. The fraction of sp³-hybridized carbons (Fsp3) is 0.200. The van der Waals surface area contributed by atoms with Gasteiger partial charge in [0.05, 0.1) is 0 Å². The Morgan fingerprint density at radius 1 is 0.735 bits per heavy atom. The molecule has 0 unspecified atom stereocenters. The molecule has 0 aliphatic heterocycles. The van der Waals surface area contributed by atoms with Crippen molar-refractivity contribution in [1.29, 1.82) is 0 Å². The van der Waals surface area contributed by atoms with E-state index in [1.807, 2.05) is 30.3 Å². The van der Waals surface area contributed by atoms with Crippen molar-refractivity contribution in [2.75, 3.05) is 0 Å². The van der Waals surface area contributed by atoms with E-state index in [2.05, 4.69) is 35.6 Å². The SMILES string of the molecule is CCCc1ccc(C#Cc2ccc3c(F)c(CCc4ccc(OC(F)F)cc4)ccc3c2)cc1. The van der Waals surface area contributed by atoms with Crippen molar-refractivity contribution in [2.45, 2.75) is 39.2 Å². The third kappa shape index (κ3) is 5.99. The second kappa shape index (κ2) is 10.9. The normalized spacial score (nSPS) is 10.9. The number of ether oxygens (including phenoxy) is 1. The van der Waals surface area contributed by atoms with Crippen molar-refractivity contribution in [3.05, 3.63) is 112 Å². The van der Waals surface area contributed by atoms with Crippen LogP contribution >= 0.6 is 0 Å². The quantitative estimate of drug-likeness (QED) is 0.258. The topological polar surface area (TPSA) is 9.23 Å². The molecule has 4 heteroatoms. The Hall–Kier alpha value is -3.71. The predicted octanol–water partition coefficient (Wildman–Crippen LogP) is 7.72. The number of alkyl halides is 2. The molecule has 0 aliphatic rings. The first kappa shape index (κ1) is 23.4. The van der Waals surface area contributed by atoms with Crippen LogP contribution in [0.4, 0.5) is 13.2 Å². The monoisotopic (exact) mass is 458 g/mol. The molecule has 0 amide bonds. The van der Waals surface area contributed by atoms with Gasteiger partial charge in [0.15, 0.2) is 0 Å². The van der Waals surface area contributed by atoms with Crippen LogP contribution in [0.15, 0.2) is 78.9 Å². The fourth-order valence-corrected chi connectivity index (χ4v) is 3.91. The van der Waals surface area contributed by atoms with Crippen LogP contribution in [0.2, 0.25) is 0 Å². The van der Waals surface area contributed by atoms with Crippen LogP contribution in [0.5, 0.6) is 5.75 Å². The summed E-state index contributed by atoms with van der Waals surface area (Å²) in [5.41, 5.74) is 4.64. The maximum atomic E-state index is 15.1. The molecule has 0 heterocycles.